The molecule has 5 rings (SSSR count). The van der Waals surface area contributed by atoms with Crippen LogP contribution in [-0.2, 0) is 4.79 Å². The lowest BCUT2D eigenvalue weighted by Gasteiger charge is -2.31. The van der Waals surface area contributed by atoms with E-state index in [0.717, 1.165) is 11.3 Å². The summed E-state index contributed by atoms with van der Waals surface area (Å²) >= 11 is 6.26. The Hall–Kier alpha value is -3.59. The molecule has 1 saturated heterocycles. The number of fused-ring (bicyclic) bond motifs is 1. The number of carbonyl (C=O) groups is 2. The molecule has 1 aromatic carbocycles. The smallest absolute Gasteiger partial charge is 0.271 e. The molecule has 2 unspecified atom stereocenters. The third-order valence-electron chi connectivity index (χ3n) is 6.61. The van der Waals surface area contributed by atoms with Gasteiger partial charge in [0.25, 0.3) is 5.91 Å². The highest BCUT2D eigenvalue weighted by Crippen LogP contribution is 2.36. The molecule has 0 saturated carbocycles. The number of rotatable bonds is 5. The summed E-state index contributed by atoms with van der Waals surface area (Å²) in [5.74, 6) is 0.907. The van der Waals surface area contributed by atoms with Crippen LogP contribution >= 0.6 is 11.6 Å². The number of hydrogen-bond acceptors (Lipinski definition) is 6. The fourth-order valence-electron chi connectivity index (χ4n) is 4.64. The summed E-state index contributed by atoms with van der Waals surface area (Å²) in [4.78, 5) is 31.8. The summed E-state index contributed by atoms with van der Waals surface area (Å²) in [6.45, 7) is 2.94. The Bertz CT molecular complexity index is 1250. The average Bonchev–Trinajstić information content (AvgIpc) is 3.49. The lowest BCUT2D eigenvalue weighted by atomic mass is 9.94. The number of piperidine rings is 1. The van der Waals surface area contributed by atoms with Gasteiger partial charge in [0, 0.05) is 36.2 Å². The fourth-order valence-corrected chi connectivity index (χ4v) is 4.84. The van der Waals surface area contributed by atoms with E-state index in [4.69, 9.17) is 21.1 Å². The summed E-state index contributed by atoms with van der Waals surface area (Å²) in [6.07, 6.45) is 2.55. The van der Waals surface area contributed by atoms with Crippen molar-refractivity contribution in [1.29, 1.82) is 0 Å². The molecule has 1 fully saturated rings. The highest BCUT2D eigenvalue weighted by Gasteiger charge is 2.35. The van der Waals surface area contributed by atoms with Crippen molar-refractivity contribution >= 4 is 23.4 Å². The average molecular weight is 496 g/mol. The van der Waals surface area contributed by atoms with Crippen LogP contribution in [0.2, 0.25) is 5.02 Å². The van der Waals surface area contributed by atoms with Gasteiger partial charge < -0.3 is 19.7 Å². The molecule has 2 aromatic heterocycles. The molecular formula is C25H26ClN5O4. The van der Waals surface area contributed by atoms with Crippen molar-refractivity contribution in [2.24, 2.45) is 5.92 Å². The largest absolute Gasteiger partial charge is 0.488 e. The van der Waals surface area contributed by atoms with Crippen LogP contribution in [0.1, 0.15) is 41.9 Å². The number of para-hydroxylation sites is 1. The lowest BCUT2D eigenvalue weighted by Crippen LogP contribution is -2.44. The Balaban J connectivity index is 1.20. The molecule has 10 heteroatoms. The van der Waals surface area contributed by atoms with Crippen molar-refractivity contribution in [2.75, 3.05) is 20.2 Å². The molecule has 0 radical (unpaired) electrons. The molecule has 0 bridgehead atoms. The zero-order valence-corrected chi connectivity index (χ0v) is 20.2. The Labute approximate surface area is 207 Å². The van der Waals surface area contributed by atoms with Gasteiger partial charge in [-0.2, -0.15) is 5.10 Å². The first-order valence-corrected chi connectivity index (χ1v) is 11.9. The van der Waals surface area contributed by atoms with Crippen LogP contribution in [0.4, 0.5) is 0 Å². The zero-order chi connectivity index (χ0) is 24.5. The number of aromatic amines is 1. The number of carbonyl (C=O) groups excluding carboxylic acids is 2. The van der Waals surface area contributed by atoms with Crippen molar-refractivity contribution in [1.82, 2.24) is 25.4 Å². The highest BCUT2D eigenvalue weighted by molar-refractivity contribution is 6.33. The minimum absolute atomic E-state index is 0.000597. The van der Waals surface area contributed by atoms with E-state index in [1.165, 1.54) is 13.3 Å². The highest BCUT2D eigenvalue weighted by atomic mass is 35.5. The second-order valence-electron chi connectivity index (χ2n) is 8.79. The minimum Gasteiger partial charge on any atom is -0.488 e. The van der Waals surface area contributed by atoms with Crippen molar-refractivity contribution < 1.29 is 19.1 Å². The fraction of sp³-hybridized carbons (Fsp3) is 0.360. The standard InChI is InChI=1S/C25H26ClN5O4/c1-14-23(16-5-3-4-6-21(16)35-14)28-24(32)15-7-9-31(10-8-15)25(33)20-12-19(29-30-20)17-11-22(34-2)27-13-18(17)26/h3-6,11-15,23H,7-10H2,1-2H3,(H,28,32)(H,29,30). The Morgan fingerprint density at radius 1 is 1.23 bits per heavy atom. The van der Waals surface area contributed by atoms with E-state index in [9.17, 15) is 9.59 Å². The van der Waals surface area contributed by atoms with E-state index in [1.54, 1.807) is 17.0 Å². The maximum Gasteiger partial charge on any atom is 0.271 e. The molecule has 2 N–H and O–H groups in total. The van der Waals surface area contributed by atoms with Gasteiger partial charge in [0.15, 0.2) is 0 Å². The number of nitrogens with zero attached hydrogens (tertiary/aromatic N) is 3. The Kier molecular flexibility index (Phi) is 6.34. The van der Waals surface area contributed by atoms with Crippen LogP contribution in [-0.4, -0.2) is 58.2 Å². The molecule has 0 spiro atoms. The molecule has 4 heterocycles. The number of halogens is 1. The number of hydrogen-bond donors (Lipinski definition) is 2. The number of ether oxygens (including phenoxy) is 2. The first-order chi connectivity index (χ1) is 16.9. The number of likely N-dealkylation sites (tertiary alicyclic amines) is 1. The predicted molar refractivity (Wildman–Crippen MR) is 129 cm³/mol. The van der Waals surface area contributed by atoms with Crippen LogP contribution in [0, 0.1) is 5.92 Å². The zero-order valence-electron chi connectivity index (χ0n) is 19.5. The van der Waals surface area contributed by atoms with Crippen LogP contribution < -0.4 is 14.8 Å². The molecule has 9 nitrogen and oxygen atoms in total. The molecule has 35 heavy (non-hydrogen) atoms. The number of methoxy groups -OCH3 is 1. The molecule has 182 valence electrons. The monoisotopic (exact) mass is 495 g/mol. The number of amides is 2. The Morgan fingerprint density at radius 3 is 2.77 bits per heavy atom. The third-order valence-corrected chi connectivity index (χ3v) is 6.91. The van der Waals surface area contributed by atoms with Gasteiger partial charge in [-0.05, 0) is 31.9 Å². The predicted octanol–water partition coefficient (Wildman–Crippen LogP) is 3.62. The summed E-state index contributed by atoms with van der Waals surface area (Å²) < 4.78 is 11.0. The van der Waals surface area contributed by atoms with Gasteiger partial charge in [-0.15, -0.1) is 0 Å². The summed E-state index contributed by atoms with van der Waals surface area (Å²) in [5.41, 5.74) is 2.52. The first-order valence-electron chi connectivity index (χ1n) is 11.5. The number of benzene rings is 1. The number of nitrogens with one attached hydrogen (secondary N) is 2. The van der Waals surface area contributed by atoms with E-state index in [2.05, 4.69) is 20.5 Å². The van der Waals surface area contributed by atoms with E-state index < -0.39 is 0 Å². The van der Waals surface area contributed by atoms with Gasteiger partial charge in [0.2, 0.25) is 11.8 Å². The van der Waals surface area contributed by atoms with Crippen molar-refractivity contribution in [3.05, 3.63) is 58.9 Å². The van der Waals surface area contributed by atoms with E-state index in [0.29, 0.717) is 53.8 Å². The second kappa shape index (κ2) is 9.58. The van der Waals surface area contributed by atoms with Gasteiger partial charge in [0.05, 0.1) is 30.1 Å². The lowest BCUT2D eigenvalue weighted by molar-refractivity contribution is -0.127. The van der Waals surface area contributed by atoms with Crippen molar-refractivity contribution in [3.8, 4) is 22.9 Å². The van der Waals surface area contributed by atoms with Crippen LogP contribution in [0.3, 0.4) is 0 Å². The third kappa shape index (κ3) is 4.55. The van der Waals surface area contributed by atoms with Gasteiger partial charge in [-0.1, -0.05) is 29.8 Å². The van der Waals surface area contributed by atoms with E-state index >= 15 is 0 Å². The number of H-pyrrole nitrogens is 1. The maximum absolute atomic E-state index is 13.1. The quantitative estimate of drug-likeness (QED) is 0.559. The number of pyridine rings is 1. The van der Waals surface area contributed by atoms with E-state index in [-0.39, 0.29) is 29.9 Å². The normalized spacial score (nSPS) is 19.7. The molecule has 2 atom stereocenters. The second-order valence-corrected chi connectivity index (χ2v) is 9.19. The molecule has 2 aliphatic heterocycles. The molecule has 2 aliphatic rings. The molecule has 2 amide bonds. The molecular weight excluding hydrogens is 470 g/mol. The first kappa shape index (κ1) is 23.2. The summed E-state index contributed by atoms with van der Waals surface area (Å²) in [5, 5.41) is 10.6. The summed E-state index contributed by atoms with van der Waals surface area (Å²) in [6, 6.07) is 10.9. The molecule has 0 aliphatic carbocycles. The summed E-state index contributed by atoms with van der Waals surface area (Å²) in [7, 11) is 1.52. The van der Waals surface area contributed by atoms with Crippen LogP contribution in [0.5, 0.6) is 11.6 Å². The van der Waals surface area contributed by atoms with Crippen LogP contribution in [0.25, 0.3) is 11.3 Å². The topological polar surface area (TPSA) is 109 Å². The number of aromatic nitrogens is 3. The van der Waals surface area contributed by atoms with Gasteiger partial charge >= 0.3 is 0 Å². The minimum atomic E-state index is -0.166. The van der Waals surface area contributed by atoms with Gasteiger partial charge in [-0.3, -0.25) is 14.7 Å². The van der Waals surface area contributed by atoms with E-state index in [1.807, 2.05) is 31.2 Å². The van der Waals surface area contributed by atoms with Crippen LogP contribution in [0.15, 0.2) is 42.6 Å². The van der Waals surface area contributed by atoms with Gasteiger partial charge in [0.1, 0.15) is 17.5 Å². The van der Waals surface area contributed by atoms with Crippen molar-refractivity contribution in [2.45, 2.75) is 31.9 Å². The Morgan fingerprint density at radius 2 is 2.00 bits per heavy atom. The molecule has 3 aromatic rings. The SMILES string of the molecule is COc1cc(-c2cc(C(=O)N3CCC(C(=O)NC4c5ccccc5OC4C)CC3)[nH]n2)c(Cl)cn1. The maximum atomic E-state index is 13.1. The van der Waals surface area contributed by atoms with Crippen molar-refractivity contribution in [3.63, 3.8) is 0 Å². The van der Waals surface area contributed by atoms with Gasteiger partial charge in [-0.25, -0.2) is 4.98 Å².